The molecule has 1 atom stereocenters. The second-order valence-corrected chi connectivity index (χ2v) is 5.73. The van der Waals surface area contributed by atoms with Crippen LogP contribution in [0.1, 0.15) is 35.2 Å². The Morgan fingerprint density at radius 1 is 1.50 bits per heavy atom. The first-order chi connectivity index (χ1) is 8.66. The lowest BCUT2D eigenvalue weighted by molar-refractivity contribution is 0.0947. The summed E-state index contributed by atoms with van der Waals surface area (Å²) in [5.74, 6) is 0.0207. The van der Waals surface area contributed by atoms with E-state index in [1.165, 1.54) is 12.8 Å². The average Bonchev–Trinajstić information content (AvgIpc) is 2.37. The summed E-state index contributed by atoms with van der Waals surface area (Å²) in [6.45, 7) is 3.74. The highest BCUT2D eigenvalue weighted by molar-refractivity contribution is 9.10. The maximum absolute atomic E-state index is 12.1. The molecule has 2 N–H and O–H groups in total. The van der Waals surface area contributed by atoms with Crippen molar-refractivity contribution in [2.24, 2.45) is 0 Å². The molecule has 1 aliphatic heterocycles. The zero-order chi connectivity index (χ0) is 13.0. The Labute approximate surface area is 116 Å². The Morgan fingerprint density at radius 2 is 2.33 bits per heavy atom. The molecule has 4 heteroatoms. The van der Waals surface area contributed by atoms with Crippen LogP contribution >= 0.6 is 15.9 Å². The fourth-order valence-corrected chi connectivity index (χ4v) is 2.77. The predicted octanol–water partition coefficient (Wildman–Crippen LogP) is 2.63. The molecule has 2 rings (SSSR count). The Morgan fingerprint density at radius 3 is 3.00 bits per heavy atom. The van der Waals surface area contributed by atoms with Crippen molar-refractivity contribution in [3.05, 3.63) is 33.8 Å². The van der Waals surface area contributed by atoms with Crippen LogP contribution in [-0.2, 0) is 0 Å². The lowest BCUT2D eigenvalue weighted by atomic mass is 10.0. The second-order valence-electron chi connectivity index (χ2n) is 4.82. The third-order valence-corrected chi connectivity index (χ3v) is 3.85. The monoisotopic (exact) mass is 310 g/mol. The molecule has 98 valence electrons. The molecular weight excluding hydrogens is 292 g/mol. The number of benzene rings is 1. The third kappa shape index (κ3) is 3.56. The van der Waals surface area contributed by atoms with E-state index in [2.05, 4.69) is 26.6 Å². The maximum atomic E-state index is 12.1. The number of carbonyl (C=O) groups excluding carboxylic acids is 1. The molecule has 18 heavy (non-hydrogen) atoms. The van der Waals surface area contributed by atoms with Gasteiger partial charge in [-0.1, -0.05) is 22.4 Å². The minimum atomic E-state index is 0.0207. The fraction of sp³-hybridized carbons (Fsp3) is 0.500. The number of amides is 1. The van der Waals surface area contributed by atoms with Crippen LogP contribution in [0.25, 0.3) is 0 Å². The molecule has 0 aliphatic carbocycles. The van der Waals surface area contributed by atoms with Crippen molar-refractivity contribution in [1.29, 1.82) is 0 Å². The second kappa shape index (κ2) is 6.34. The number of rotatable bonds is 3. The summed E-state index contributed by atoms with van der Waals surface area (Å²) < 4.78 is 1.01. The molecule has 1 heterocycles. The van der Waals surface area contributed by atoms with Crippen molar-refractivity contribution < 1.29 is 4.79 Å². The summed E-state index contributed by atoms with van der Waals surface area (Å²) in [4.78, 5) is 12.1. The molecule has 1 amide bonds. The van der Waals surface area contributed by atoms with Crippen molar-refractivity contribution in [1.82, 2.24) is 10.6 Å². The van der Waals surface area contributed by atoms with Gasteiger partial charge in [0.25, 0.3) is 5.91 Å². The zero-order valence-electron chi connectivity index (χ0n) is 10.6. The van der Waals surface area contributed by atoms with Crippen LogP contribution in [-0.4, -0.2) is 25.0 Å². The quantitative estimate of drug-likeness (QED) is 0.901. The summed E-state index contributed by atoms with van der Waals surface area (Å²) in [6.07, 6.45) is 3.65. The lowest BCUT2D eigenvalue weighted by Gasteiger charge is -2.23. The number of hydrogen-bond acceptors (Lipinski definition) is 2. The fourth-order valence-electron chi connectivity index (χ4n) is 2.29. The Bertz CT molecular complexity index is 428. The van der Waals surface area contributed by atoms with Gasteiger partial charge in [0.1, 0.15) is 0 Å². The van der Waals surface area contributed by atoms with Gasteiger partial charge in [-0.3, -0.25) is 4.79 Å². The van der Waals surface area contributed by atoms with Crippen molar-refractivity contribution >= 4 is 21.8 Å². The molecule has 0 radical (unpaired) electrons. The van der Waals surface area contributed by atoms with Crippen LogP contribution < -0.4 is 10.6 Å². The van der Waals surface area contributed by atoms with Gasteiger partial charge in [0.05, 0.1) is 0 Å². The smallest absolute Gasteiger partial charge is 0.251 e. The standard InChI is InChI=1S/C14H19BrN2O/c1-10-8-11(15)5-6-13(10)14(18)17-9-12-4-2-3-7-16-12/h5-6,8,12,16H,2-4,7,9H2,1H3,(H,17,18). The first kappa shape index (κ1) is 13.6. The average molecular weight is 311 g/mol. The van der Waals surface area contributed by atoms with Gasteiger partial charge >= 0.3 is 0 Å². The number of nitrogens with one attached hydrogen (secondary N) is 2. The molecular formula is C14H19BrN2O. The summed E-state index contributed by atoms with van der Waals surface area (Å²) in [6, 6.07) is 6.16. The van der Waals surface area contributed by atoms with Gasteiger partial charge in [0.15, 0.2) is 0 Å². The minimum absolute atomic E-state index is 0.0207. The lowest BCUT2D eigenvalue weighted by Crippen LogP contribution is -2.43. The first-order valence-electron chi connectivity index (χ1n) is 6.44. The van der Waals surface area contributed by atoms with Crippen LogP contribution in [0.4, 0.5) is 0 Å². The first-order valence-corrected chi connectivity index (χ1v) is 7.24. The van der Waals surface area contributed by atoms with Crippen LogP contribution in [0.15, 0.2) is 22.7 Å². The molecule has 0 saturated carbocycles. The van der Waals surface area contributed by atoms with Gasteiger partial charge in [-0.15, -0.1) is 0 Å². The molecule has 1 saturated heterocycles. The number of carbonyl (C=O) groups is 1. The topological polar surface area (TPSA) is 41.1 Å². The summed E-state index contributed by atoms with van der Waals surface area (Å²) >= 11 is 3.41. The number of hydrogen-bond donors (Lipinski definition) is 2. The normalized spacial score (nSPS) is 19.6. The molecule has 1 aromatic rings. The number of aryl methyl sites for hydroxylation is 1. The van der Waals surface area contributed by atoms with E-state index < -0.39 is 0 Å². The van der Waals surface area contributed by atoms with Crippen molar-refractivity contribution in [3.63, 3.8) is 0 Å². The highest BCUT2D eigenvalue weighted by atomic mass is 79.9. The van der Waals surface area contributed by atoms with Gasteiger partial charge in [-0.2, -0.15) is 0 Å². The Hall–Kier alpha value is -0.870. The highest BCUT2D eigenvalue weighted by Gasteiger charge is 2.14. The van der Waals surface area contributed by atoms with Crippen LogP contribution in [0.3, 0.4) is 0 Å². The minimum Gasteiger partial charge on any atom is -0.350 e. The number of piperidine rings is 1. The van der Waals surface area contributed by atoms with E-state index in [9.17, 15) is 4.79 Å². The molecule has 1 unspecified atom stereocenters. The highest BCUT2D eigenvalue weighted by Crippen LogP contribution is 2.15. The van der Waals surface area contributed by atoms with Crippen molar-refractivity contribution in [2.45, 2.75) is 32.2 Å². The SMILES string of the molecule is Cc1cc(Br)ccc1C(=O)NCC1CCCCN1. The molecule has 3 nitrogen and oxygen atoms in total. The number of halogens is 1. The summed E-state index contributed by atoms with van der Waals surface area (Å²) in [7, 11) is 0. The van der Waals surface area contributed by atoms with E-state index in [1.807, 2.05) is 25.1 Å². The Kier molecular flexibility index (Phi) is 4.78. The largest absolute Gasteiger partial charge is 0.350 e. The van der Waals surface area contributed by atoms with E-state index >= 15 is 0 Å². The van der Waals surface area contributed by atoms with Gasteiger partial charge in [-0.05, 0) is 50.1 Å². The Balaban J connectivity index is 1.90. The molecule has 0 aromatic heterocycles. The van der Waals surface area contributed by atoms with Crippen LogP contribution in [0.5, 0.6) is 0 Å². The predicted molar refractivity (Wildman–Crippen MR) is 76.9 cm³/mol. The summed E-state index contributed by atoms with van der Waals surface area (Å²) in [5.41, 5.74) is 1.76. The van der Waals surface area contributed by atoms with Crippen molar-refractivity contribution in [2.75, 3.05) is 13.1 Å². The van der Waals surface area contributed by atoms with E-state index in [1.54, 1.807) is 0 Å². The third-order valence-electron chi connectivity index (χ3n) is 3.35. The summed E-state index contributed by atoms with van der Waals surface area (Å²) in [5, 5.41) is 6.44. The van der Waals surface area contributed by atoms with Gasteiger partial charge in [-0.25, -0.2) is 0 Å². The van der Waals surface area contributed by atoms with E-state index in [4.69, 9.17) is 0 Å². The molecule has 1 aliphatic rings. The van der Waals surface area contributed by atoms with E-state index in [0.717, 1.165) is 28.6 Å². The van der Waals surface area contributed by atoms with Crippen LogP contribution in [0, 0.1) is 6.92 Å². The molecule has 1 fully saturated rings. The maximum Gasteiger partial charge on any atom is 0.251 e. The van der Waals surface area contributed by atoms with E-state index in [-0.39, 0.29) is 5.91 Å². The van der Waals surface area contributed by atoms with E-state index in [0.29, 0.717) is 12.6 Å². The molecule has 0 bridgehead atoms. The zero-order valence-corrected chi connectivity index (χ0v) is 12.2. The van der Waals surface area contributed by atoms with Crippen LogP contribution in [0.2, 0.25) is 0 Å². The van der Waals surface area contributed by atoms with Gasteiger partial charge < -0.3 is 10.6 Å². The molecule has 1 aromatic carbocycles. The van der Waals surface area contributed by atoms with Gasteiger partial charge in [0, 0.05) is 22.6 Å². The molecule has 0 spiro atoms. The van der Waals surface area contributed by atoms with Gasteiger partial charge in [0.2, 0.25) is 0 Å². The van der Waals surface area contributed by atoms with Crippen molar-refractivity contribution in [3.8, 4) is 0 Å².